The van der Waals surface area contributed by atoms with Gasteiger partial charge < -0.3 is 10.1 Å². The van der Waals surface area contributed by atoms with Gasteiger partial charge in [-0.2, -0.15) is 0 Å². The molecule has 0 bridgehead atoms. The first-order valence-electron chi connectivity index (χ1n) is 9.19. The molecular formula is C22H18FN3O3S. The maximum atomic E-state index is 13.9. The fourth-order valence-corrected chi connectivity index (χ4v) is 3.84. The molecule has 0 aliphatic carbocycles. The fourth-order valence-electron chi connectivity index (χ4n) is 2.99. The molecule has 0 unspecified atom stereocenters. The monoisotopic (exact) mass is 423 g/mol. The van der Waals surface area contributed by atoms with Crippen LogP contribution in [0.4, 0.5) is 10.1 Å². The number of hydrogen-bond donors (Lipinski definition) is 1. The van der Waals surface area contributed by atoms with Crippen LogP contribution in [0.2, 0.25) is 0 Å². The van der Waals surface area contributed by atoms with Crippen LogP contribution in [0.3, 0.4) is 0 Å². The SMILES string of the molecule is Cc1ccc(OCc2cc(=O)n3cc(C)sc3n2)c(NC(=O)c2ccccc2F)c1. The highest BCUT2D eigenvalue weighted by molar-refractivity contribution is 7.16. The molecule has 0 spiro atoms. The van der Waals surface area contributed by atoms with Crippen molar-refractivity contribution in [2.24, 2.45) is 0 Å². The van der Waals surface area contributed by atoms with Gasteiger partial charge >= 0.3 is 0 Å². The van der Waals surface area contributed by atoms with Gasteiger partial charge in [0.25, 0.3) is 11.5 Å². The lowest BCUT2D eigenvalue weighted by Crippen LogP contribution is -2.16. The first kappa shape index (κ1) is 19.8. The number of thiazole rings is 1. The number of carbonyl (C=O) groups is 1. The maximum Gasteiger partial charge on any atom is 0.258 e. The van der Waals surface area contributed by atoms with E-state index in [9.17, 15) is 14.0 Å². The molecule has 152 valence electrons. The number of nitrogens with one attached hydrogen (secondary N) is 1. The number of benzene rings is 2. The zero-order valence-electron chi connectivity index (χ0n) is 16.3. The van der Waals surface area contributed by atoms with Crippen LogP contribution in [-0.4, -0.2) is 15.3 Å². The Kier molecular flexibility index (Phi) is 5.33. The number of aryl methyl sites for hydroxylation is 2. The van der Waals surface area contributed by atoms with Crippen LogP contribution in [0.5, 0.6) is 5.75 Å². The molecule has 0 fully saturated rings. The van der Waals surface area contributed by atoms with Crippen LogP contribution in [0.25, 0.3) is 4.96 Å². The summed E-state index contributed by atoms with van der Waals surface area (Å²) in [7, 11) is 0. The van der Waals surface area contributed by atoms with E-state index in [-0.39, 0.29) is 17.7 Å². The van der Waals surface area contributed by atoms with Crippen LogP contribution in [0.15, 0.2) is 59.5 Å². The maximum absolute atomic E-state index is 13.9. The van der Waals surface area contributed by atoms with Crippen molar-refractivity contribution in [2.45, 2.75) is 20.5 Å². The van der Waals surface area contributed by atoms with E-state index in [2.05, 4.69) is 10.3 Å². The molecule has 1 N–H and O–H groups in total. The number of aromatic nitrogens is 2. The standard InChI is InChI=1S/C22H18FN3O3S/c1-13-7-8-19(18(9-13)25-21(28)16-5-3-4-6-17(16)23)29-12-15-10-20(27)26-11-14(2)30-22(26)24-15/h3-11H,12H2,1-2H3,(H,25,28). The highest BCUT2D eigenvalue weighted by Gasteiger charge is 2.14. The largest absolute Gasteiger partial charge is 0.485 e. The average molecular weight is 423 g/mol. The molecular weight excluding hydrogens is 405 g/mol. The Morgan fingerprint density at radius 1 is 1.20 bits per heavy atom. The van der Waals surface area contributed by atoms with Gasteiger partial charge in [0, 0.05) is 17.1 Å². The van der Waals surface area contributed by atoms with Crippen LogP contribution in [0, 0.1) is 19.7 Å². The van der Waals surface area contributed by atoms with Gasteiger partial charge in [0.05, 0.1) is 16.9 Å². The Morgan fingerprint density at radius 3 is 2.80 bits per heavy atom. The molecule has 2 aromatic carbocycles. The number of fused-ring (bicyclic) bond motifs is 1. The number of halogens is 1. The third-order valence-electron chi connectivity index (χ3n) is 4.41. The van der Waals surface area contributed by atoms with Crippen molar-refractivity contribution in [3.05, 3.63) is 92.6 Å². The van der Waals surface area contributed by atoms with Crippen LogP contribution in [-0.2, 0) is 6.61 Å². The molecule has 2 aromatic heterocycles. The number of nitrogens with zero attached hydrogens (tertiary/aromatic N) is 2. The normalized spacial score (nSPS) is 10.9. The molecule has 4 aromatic rings. The van der Waals surface area contributed by atoms with E-state index in [0.717, 1.165) is 10.4 Å². The summed E-state index contributed by atoms with van der Waals surface area (Å²) in [6.45, 7) is 3.83. The molecule has 0 aliphatic heterocycles. The number of carbonyl (C=O) groups excluding carboxylic acids is 1. The van der Waals surface area contributed by atoms with Crippen LogP contribution < -0.4 is 15.6 Å². The van der Waals surface area contributed by atoms with E-state index < -0.39 is 11.7 Å². The lowest BCUT2D eigenvalue weighted by molar-refractivity contribution is 0.102. The second-order valence-corrected chi connectivity index (χ2v) is 8.02. The van der Waals surface area contributed by atoms with Gasteiger partial charge in [-0.1, -0.05) is 18.2 Å². The number of rotatable bonds is 5. The summed E-state index contributed by atoms with van der Waals surface area (Å²) in [5, 5.41) is 2.70. The van der Waals surface area contributed by atoms with Gasteiger partial charge in [-0.05, 0) is 43.7 Å². The van der Waals surface area contributed by atoms with Gasteiger partial charge in [-0.3, -0.25) is 14.0 Å². The van der Waals surface area contributed by atoms with Gasteiger partial charge in [0.15, 0.2) is 4.96 Å². The Hall–Kier alpha value is -3.52. The second kappa shape index (κ2) is 8.08. The topological polar surface area (TPSA) is 72.7 Å². The van der Waals surface area contributed by atoms with E-state index in [1.165, 1.54) is 40.0 Å². The molecule has 30 heavy (non-hydrogen) atoms. The minimum atomic E-state index is -0.602. The Labute approximate surface area is 175 Å². The predicted octanol–water partition coefficient (Wildman–Crippen LogP) is 4.34. The van der Waals surface area contributed by atoms with E-state index in [0.29, 0.717) is 22.1 Å². The smallest absolute Gasteiger partial charge is 0.258 e. The average Bonchev–Trinajstić information content (AvgIpc) is 3.08. The summed E-state index contributed by atoms with van der Waals surface area (Å²) in [6, 6.07) is 12.5. The molecule has 0 atom stereocenters. The van der Waals surface area contributed by atoms with Crippen molar-refractivity contribution >= 4 is 27.9 Å². The molecule has 8 heteroatoms. The Bertz CT molecular complexity index is 1310. The zero-order chi connectivity index (χ0) is 21.3. The minimum absolute atomic E-state index is 0.0499. The van der Waals surface area contributed by atoms with E-state index in [1.54, 1.807) is 24.4 Å². The first-order chi connectivity index (χ1) is 14.4. The molecule has 4 rings (SSSR count). The predicted molar refractivity (Wildman–Crippen MR) is 114 cm³/mol. The fraction of sp³-hybridized carbons (Fsp3) is 0.136. The second-order valence-electron chi connectivity index (χ2n) is 6.80. The van der Waals surface area contributed by atoms with E-state index in [1.807, 2.05) is 19.9 Å². The lowest BCUT2D eigenvalue weighted by Gasteiger charge is -2.13. The number of ether oxygens (including phenoxy) is 1. The van der Waals surface area contributed by atoms with Crippen LogP contribution in [0.1, 0.15) is 26.5 Å². The molecule has 6 nitrogen and oxygen atoms in total. The third kappa shape index (κ3) is 4.08. The van der Waals surface area contributed by atoms with Crippen LogP contribution >= 0.6 is 11.3 Å². The number of anilines is 1. The molecule has 1 amide bonds. The molecule has 0 aliphatic rings. The van der Waals surface area contributed by atoms with Crippen molar-refractivity contribution in [1.82, 2.24) is 9.38 Å². The van der Waals surface area contributed by atoms with Gasteiger partial charge in [-0.25, -0.2) is 9.37 Å². The summed E-state index contributed by atoms with van der Waals surface area (Å²) in [5.74, 6) is -0.778. The quantitative estimate of drug-likeness (QED) is 0.518. The summed E-state index contributed by atoms with van der Waals surface area (Å²) < 4.78 is 21.3. The van der Waals surface area contributed by atoms with Crippen molar-refractivity contribution < 1.29 is 13.9 Å². The zero-order valence-corrected chi connectivity index (χ0v) is 17.1. The van der Waals surface area contributed by atoms with Crippen molar-refractivity contribution in [2.75, 3.05) is 5.32 Å². The summed E-state index contributed by atoms with van der Waals surface area (Å²) in [4.78, 5) is 30.8. The summed E-state index contributed by atoms with van der Waals surface area (Å²) >= 11 is 1.42. The molecule has 0 radical (unpaired) electrons. The first-order valence-corrected chi connectivity index (χ1v) is 10.0. The number of hydrogen-bond acceptors (Lipinski definition) is 5. The summed E-state index contributed by atoms with van der Waals surface area (Å²) in [5.41, 5.74) is 1.55. The minimum Gasteiger partial charge on any atom is -0.485 e. The summed E-state index contributed by atoms with van der Waals surface area (Å²) in [6.07, 6.45) is 1.75. The van der Waals surface area contributed by atoms with Crippen molar-refractivity contribution in [3.8, 4) is 5.75 Å². The molecule has 2 heterocycles. The Morgan fingerprint density at radius 2 is 2.00 bits per heavy atom. The third-order valence-corrected chi connectivity index (χ3v) is 5.31. The van der Waals surface area contributed by atoms with E-state index in [4.69, 9.17) is 4.74 Å². The highest BCUT2D eigenvalue weighted by Crippen LogP contribution is 2.27. The Balaban J connectivity index is 1.57. The van der Waals surface area contributed by atoms with Gasteiger partial charge in [0.1, 0.15) is 18.2 Å². The number of amides is 1. The van der Waals surface area contributed by atoms with Crippen molar-refractivity contribution in [3.63, 3.8) is 0 Å². The highest BCUT2D eigenvalue weighted by atomic mass is 32.1. The van der Waals surface area contributed by atoms with Gasteiger partial charge in [0.2, 0.25) is 0 Å². The van der Waals surface area contributed by atoms with Crippen molar-refractivity contribution in [1.29, 1.82) is 0 Å². The van der Waals surface area contributed by atoms with E-state index >= 15 is 0 Å². The van der Waals surface area contributed by atoms with Gasteiger partial charge in [-0.15, -0.1) is 11.3 Å². The molecule has 0 saturated carbocycles. The lowest BCUT2D eigenvalue weighted by atomic mass is 10.1. The molecule has 0 saturated heterocycles.